The van der Waals surface area contributed by atoms with Crippen molar-refractivity contribution in [3.05, 3.63) is 102 Å². The highest BCUT2D eigenvalue weighted by Crippen LogP contribution is 2.36. The Kier molecular flexibility index (Phi) is 6.23. The van der Waals surface area contributed by atoms with Crippen LogP contribution in [-0.4, -0.2) is 22.7 Å². The summed E-state index contributed by atoms with van der Waals surface area (Å²) in [5.74, 6) is 0.161. The average Bonchev–Trinajstić information content (AvgIpc) is 2.79. The molecular formula is C26H24N2O2S. The summed E-state index contributed by atoms with van der Waals surface area (Å²) in [6.07, 6.45) is 0.00206. The summed E-state index contributed by atoms with van der Waals surface area (Å²) in [6, 6.07) is 26.5. The number of Topliss-reactive ketones (excluding diaryl/α,β-unsaturated/α-hetero) is 1. The molecule has 3 aromatic rings. The molecule has 0 amide bonds. The number of carbonyl (C=O) groups is 1. The molecule has 2 atom stereocenters. The predicted molar refractivity (Wildman–Crippen MR) is 128 cm³/mol. The maximum Gasteiger partial charge on any atom is 0.193 e. The van der Waals surface area contributed by atoms with Crippen molar-refractivity contribution in [3.8, 4) is 5.75 Å². The Morgan fingerprint density at radius 1 is 0.935 bits per heavy atom. The molecule has 0 saturated carbocycles. The largest absolute Gasteiger partial charge is 0.491 e. The minimum absolute atomic E-state index is 0.00206. The molecule has 1 heterocycles. The number of hydrogen-bond acceptors (Lipinski definition) is 3. The topological polar surface area (TPSA) is 50.7 Å². The maximum atomic E-state index is 13.8. The number of rotatable bonds is 6. The highest BCUT2D eigenvalue weighted by atomic mass is 32.1. The third kappa shape index (κ3) is 4.57. The first-order valence-corrected chi connectivity index (χ1v) is 10.7. The number of nitrogens with one attached hydrogen (secondary N) is 1. The van der Waals surface area contributed by atoms with Crippen molar-refractivity contribution < 1.29 is 9.53 Å². The zero-order valence-electron chi connectivity index (χ0n) is 17.5. The van der Waals surface area contributed by atoms with Gasteiger partial charge in [0.25, 0.3) is 0 Å². The van der Waals surface area contributed by atoms with Crippen LogP contribution in [0.15, 0.2) is 89.9 Å². The van der Waals surface area contributed by atoms with Gasteiger partial charge in [0, 0.05) is 11.1 Å². The summed E-state index contributed by atoms with van der Waals surface area (Å²) in [6.45, 7) is 3.97. The zero-order valence-corrected chi connectivity index (χ0v) is 18.3. The van der Waals surface area contributed by atoms with Crippen LogP contribution in [0.25, 0.3) is 0 Å². The van der Waals surface area contributed by atoms with Gasteiger partial charge in [-0.25, -0.2) is 4.99 Å². The van der Waals surface area contributed by atoms with Crippen molar-refractivity contribution in [2.24, 2.45) is 10.9 Å². The van der Waals surface area contributed by atoms with E-state index < -0.39 is 12.0 Å². The van der Waals surface area contributed by atoms with E-state index in [1.54, 1.807) is 0 Å². The van der Waals surface area contributed by atoms with Crippen molar-refractivity contribution in [1.82, 2.24) is 5.32 Å². The molecule has 156 valence electrons. The molecule has 1 aliphatic heterocycles. The molecule has 0 aromatic heterocycles. The SMILES string of the molecule is CC(C)Oc1ccccc1C1NC(=S)N=C(c2ccccc2)C1C(=O)c1ccccc1. The smallest absolute Gasteiger partial charge is 0.193 e. The van der Waals surface area contributed by atoms with Crippen LogP contribution in [-0.2, 0) is 0 Å². The van der Waals surface area contributed by atoms with Crippen molar-refractivity contribution >= 4 is 28.8 Å². The molecule has 1 N–H and O–H groups in total. The number of ketones is 1. The van der Waals surface area contributed by atoms with Gasteiger partial charge in [-0.2, -0.15) is 0 Å². The number of nitrogens with zero attached hydrogens (tertiary/aromatic N) is 1. The second-order valence-electron chi connectivity index (χ2n) is 7.70. The fourth-order valence-electron chi connectivity index (χ4n) is 3.85. The summed E-state index contributed by atoms with van der Waals surface area (Å²) in [7, 11) is 0. The van der Waals surface area contributed by atoms with Gasteiger partial charge >= 0.3 is 0 Å². The van der Waals surface area contributed by atoms with Gasteiger partial charge in [-0.05, 0) is 37.7 Å². The van der Waals surface area contributed by atoms with Crippen molar-refractivity contribution in [2.75, 3.05) is 0 Å². The van der Waals surface area contributed by atoms with E-state index in [1.807, 2.05) is 98.8 Å². The van der Waals surface area contributed by atoms with Crippen LogP contribution >= 0.6 is 12.2 Å². The van der Waals surface area contributed by atoms with Gasteiger partial charge in [-0.15, -0.1) is 0 Å². The van der Waals surface area contributed by atoms with E-state index in [4.69, 9.17) is 17.0 Å². The lowest BCUT2D eigenvalue weighted by molar-refractivity contribution is 0.0935. The van der Waals surface area contributed by atoms with Crippen LogP contribution in [0, 0.1) is 5.92 Å². The van der Waals surface area contributed by atoms with Gasteiger partial charge in [0.2, 0.25) is 0 Å². The first-order valence-electron chi connectivity index (χ1n) is 10.3. The Labute approximate surface area is 188 Å². The molecule has 2 unspecified atom stereocenters. The number of ether oxygens (including phenoxy) is 1. The van der Waals surface area contributed by atoms with Gasteiger partial charge in [-0.1, -0.05) is 78.9 Å². The molecule has 3 aromatic carbocycles. The molecule has 4 nitrogen and oxygen atoms in total. The number of hydrogen-bond donors (Lipinski definition) is 1. The van der Waals surface area contributed by atoms with E-state index in [0.717, 1.165) is 16.9 Å². The minimum Gasteiger partial charge on any atom is -0.491 e. The third-order valence-electron chi connectivity index (χ3n) is 5.16. The molecular weight excluding hydrogens is 404 g/mol. The molecule has 0 saturated heterocycles. The van der Waals surface area contributed by atoms with E-state index in [9.17, 15) is 4.79 Å². The molecule has 1 aliphatic rings. The Hall–Kier alpha value is -3.31. The van der Waals surface area contributed by atoms with Crippen molar-refractivity contribution in [3.63, 3.8) is 0 Å². The maximum absolute atomic E-state index is 13.8. The van der Waals surface area contributed by atoms with Crippen molar-refractivity contribution in [2.45, 2.75) is 26.0 Å². The van der Waals surface area contributed by atoms with E-state index in [-0.39, 0.29) is 11.9 Å². The summed E-state index contributed by atoms with van der Waals surface area (Å²) in [5.41, 5.74) is 3.07. The predicted octanol–water partition coefficient (Wildman–Crippen LogP) is 5.39. The Balaban J connectivity index is 1.87. The molecule has 0 spiro atoms. The lowest BCUT2D eigenvalue weighted by Gasteiger charge is -2.34. The van der Waals surface area contributed by atoms with Gasteiger partial charge in [0.1, 0.15) is 5.75 Å². The normalized spacial score (nSPS) is 18.3. The molecule has 0 bridgehead atoms. The second-order valence-corrected chi connectivity index (χ2v) is 8.09. The van der Waals surface area contributed by atoms with Crippen LogP contribution in [0.1, 0.15) is 41.4 Å². The number of aliphatic imine (C=N–C) groups is 1. The van der Waals surface area contributed by atoms with Crippen LogP contribution in [0.5, 0.6) is 5.75 Å². The average molecular weight is 429 g/mol. The molecule has 4 rings (SSSR count). The summed E-state index contributed by atoms with van der Waals surface area (Å²) in [4.78, 5) is 18.4. The fraction of sp³-hybridized carbons (Fsp3) is 0.192. The lowest BCUT2D eigenvalue weighted by atomic mass is 9.79. The number of benzene rings is 3. The van der Waals surface area contributed by atoms with Gasteiger partial charge in [0.15, 0.2) is 10.9 Å². The summed E-state index contributed by atoms with van der Waals surface area (Å²) in [5, 5.41) is 3.65. The second kappa shape index (κ2) is 9.23. The fourth-order valence-corrected chi connectivity index (χ4v) is 4.08. The van der Waals surface area contributed by atoms with E-state index in [2.05, 4.69) is 10.3 Å². The highest BCUT2D eigenvalue weighted by molar-refractivity contribution is 7.80. The number of thiocarbonyl (C=S) groups is 1. The molecule has 0 fully saturated rings. The van der Waals surface area contributed by atoms with Crippen LogP contribution in [0.4, 0.5) is 0 Å². The third-order valence-corrected chi connectivity index (χ3v) is 5.37. The van der Waals surface area contributed by atoms with Gasteiger partial charge < -0.3 is 10.1 Å². The van der Waals surface area contributed by atoms with E-state index in [1.165, 1.54) is 0 Å². The standard InChI is InChI=1S/C26H24N2O2S/c1-17(2)30-21-16-10-9-15-20(21)24-22(25(29)19-13-7-4-8-14-19)23(27-26(31)28-24)18-11-5-3-6-12-18/h3-17,22,24H,1-2H3,(H,28,31). The first-order chi connectivity index (χ1) is 15.0. The number of para-hydroxylation sites is 1. The lowest BCUT2D eigenvalue weighted by Crippen LogP contribution is -2.45. The monoisotopic (exact) mass is 428 g/mol. The first kappa shape index (κ1) is 20.9. The zero-order chi connectivity index (χ0) is 21.8. The Morgan fingerprint density at radius 2 is 1.55 bits per heavy atom. The Bertz CT molecular complexity index is 1110. The molecule has 0 radical (unpaired) electrons. The van der Waals surface area contributed by atoms with E-state index in [0.29, 0.717) is 16.4 Å². The van der Waals surface area contributed by atoms with Gasteiger partial charge in [0.05, 0.1) is 23.8 Å². The van der Waals surface area contributed by atoms with Crippen molar-refractivity contribution in [1.29, 1.82) is 0 Å². The molecule has 0 aliphatic carbocycles. The van der Waals surface area contributed by atoms with Crippen LogP contribution < -0.4 is 10.1 Å². The molecule has 31 heavy (non-hydrogen) atoms. The summed E-state index contributed by atoms with van der Waals surface area (Å²) >= 11 is 5.50. The van der Waals surface area contributed by atoms with E-state index >= 15 is 0 Å². The Morgan fingerprint density at radius 3 is 2.23 bits per heavy atom. The van der Waals surface area contributed by atoms with Gasteiger partial charge in [-0.3, -0.25) is 4.79 Å². The van der Waals surface area contributed by atoms with Crippen LogP contribution in [0.2, 0.25) is 0 Å². The minimum atomic E-state index is -0.562. The number of carbonyl (C=O) groups excluding carboxylic acids is 1. The highest BCUT2D eigenvalue weighted by Gasteiger charge is 2.39. The quantitative estimate of drug-likeness (QED) is 0.422. The van der Waals surface area contributed by atoms with Crippen LogP contribution in [0.3, 0.4) is 0 Å². The summed E-state index contributed by atoms with van der Waals surface area (Å²) < 4.78 is 6.07. The molecule has 5 heteroatoms.